The van der Waals surface area contributed by atoms with Crippen LogP contribution >= 0.6 is 0 Å². The van der Waals surface area contributed by atoms with Crippen LogP contribution < -0.4 is 75.1 Å². The first-order valence-corrected chi connectivity index (χ1v) is 48.2. The molecular weight excluding hydrogens is 1540 g/mol. The van der Waals surface area contributed by atoms with Crippen LogP contribution in [-0.4, -0.2) is 233 Å². The quantitative estimate of drug-likeness (QED) is 0.0424. The Labute approximate surface area is 747 Å². The maximum Gasteiger partial charge on any atom is 0.142 e. The largest absolute Gasteiger partial charge is 0.368 e. The minimum Gasteiger partial charge on any atom is -0.368 e. The zero-order valence-corrected chi connectivity index (χ0v) is 84.6. The Kier molecular flexibility index (Phi) is 27.2. The van der Waals surface area contributed by atoms with Crippen molar-refractivity contribution in [1.29, 1.82) is 0 Å². The molecule has 12 rings (SSSR count). The van der Waals surface area contributed by atoms with Gasteiger partial charge in [0.1, 0.15) is 35.0 Å². The van der Waals surface area contributed by atoms with E-state index in [-0.39, 0.29) is 136 Å². The van der Waals surface area contributed by atoms with Gasteiger partial charge in [-0.3, -0.25) is 76.7 Å². The molecule has 27 nitrogen and oxygen atoms in total. The summed E-state index contributed by atoms with van der Waals surface area (Å²) in [6.07, 6.45) is 25.1. The Morgan fingerprint density at radius 2 is 0.545 bits per heavy atom. The van der Waals surface area contributed by atoms with Crippen LogP contribution in [0, 0.1) is 0 Å². The second kappa shape index (κ2) is 34.2. The molecular formula is C96H182N24O3. The van der Waals surface area contributed by atoms with E-state index in [0.717, 1.165) is 163 Å². The van der Waals surface area contributed by atoms with E-state index in [1.165, 1.54) is 0 Å². The van der Waals surface area contributed by atoms with Gasteiger partial charge in [-0.2, -0.15) is 0 Å². The maximum atomic E-state index is 7.24. The first kappa shape index (κ1) is 97.9. The van der Waals surface area contributed by atoms with E-state index >= 15 is 0 Å². The molecule has 0 amide bonds. The zero-order valence-electron chi connectivity index (χ0n) is 84.6. The number of piperidine rings is 9. The average molecular weight is 1720 g/mol. The van der Waals surface area contributed by atoms with Gasteiger partial charge < -0.3 is 47.4 Å². The number of nitrogens with one attached hydrogen (secondary N) is 14. The number of nitrogens with zero attached hydrogens (tertiary/aromatic N) is 10. The number of likely N-dealkylation sites (tertiary alicyclic amines) is 3. The summed E-state index contributed by atoms with van der Waals surface area (Å²) in [7, 11) is 0. The maximum absolute atomic E-state index is 7.24. The molecule has 0 bridgehead atoms. The van der Waals surface area contributed by atoms with E-state index < -0.39 is 0 Å². The molecule has 12 heterocycles. The van der Waals surface area contributed by atoms with E-state index in [1.807, 2.05) is 0 Å². The van der Waals surface area contributed by atoms with Crippen molar-refractivity contribution in [2.24, 2.45) is 15.0 Å². The van der Waals surface area contributed by atoms with Crippen molar-refractivity contribution in [2.75, 3.05) is 26.2 Å². The highest BCUT2D eigenvalue weighted by Gasteiger charge is 2.57. The Hall–Kier alpha value is -4.17. The minimum atomic E-state index is -0.155. The van der Waals surface area contributed by atoms with Gasteiger partial charge in [-0.25, -0.2) is 0 Å². The van der Waals surface area contributed by atoms with Crippen molar-refractivity contribution in [3.8, 4) is 0 Å². The van der Waals surface area contributed by atoms with Crippen LogP contribution in [-0.2, 0) is 14.5 Å². The van der Waals surface area contributed by atoms with Gasteiger partial charge in [-0.15, -0.1) is 0 Å². The Morgan fingerprint density at radius 3 is 0.821 bits per heavy atom. The molecule has 0 radical (unpaired) electrons. The first-order chi connectivity index (χ1) is 55.9. The van der Waals surface area contributed by atoms with Gasteiger partial charge in [-0.05, 0) is 394 Å². The van der Waals surface area contributed by atoms with Crippen LogP contribution in [0.3, 0.4) is 0 Å². The lowest BCUT2D eigenvalue weighted by Gasteiger charge is -2.62. The molecule has 12 aliphatic rings. The van der Waals surface area contributed by atoms with Gasteiger partial charge in [0.25, 0.3) is 0 Å². The van der Waals surface area contributed by atoms with Gasteiger partial charge in [0.15, 0.2) is 0 Å². The van der Waals surface area contributed by atoms with Gasteiger partial charge in [0, 0.05) is 174 Å². The summed E-state index contributed by atoms with van der Waals surface area (Å²) in [6.45, 7) is 88.1. The molecule has 123 heavy (non-hydrogen) atoms. The highest BCUT2D eigenvalue weighted by molar-refractivity contribution is 5.94. The fourth-order valence-electron chi connectivity index (χ4n) is 28.7. The third kappa shape index (κ3) is 25.7. The van der Waals surface area contributed by atoms with Crippen molar-refractivity contribution in [3.63, 3.8) is 0 Å². The second-order valence-electron chi connectivity index (χ2n) is 52.4. The normalized spacial score (nSPS) is 31.5. The lowest BCUT2D eigenvalue weighted by atomic mass is 9.71. The molecule has 0 saturated carbocycles. The molecule has 0 atom stereocenters. The third-order valence-corrected chi connectivity index (χ3v) is 28.5. The number of hydrogen-bond acceptors (Lipinski definition) is 24. The predicted molar refractivity (Wildman–Crippen MR) is 506 cm³/mol. The van der Waals surface area contributed by atoms with E-state index in [2.05, 4.69) is 362 Å². The number of amidine groups is 3. The van der Waals surface area contributed by atoms with Gasteiger partial charge >= 0.3 is 0 Å². The molecule has 0 spiro atoms. The topological polar surface area (TPSA) is 256 Å². The summed E-state index contributed by atoms with van der Waals surface area (Å²) in [5, 5.41) is 37.0. The first-order valence-electron chi connectivity index (χ1n) is 48.2. The van der Waals surface area contributed by atoms with Crippen LogP contribution in [0.1, 0.15) is 378 Å². The average Bonchev–Trinajstić information content (AvgIpc) is 0.745. The van der Waals surface area contributed by atoms with E-state index in [9.17, 15) is 0 Å². The smallest absolute Gasteiger partial charge is 0.142 e. The molecule has 0 aromatic rings. The summed E-state index contributed by atoms with van der Waals surface area (Å²) >= 11 is 0. The summed E-state index contributed by atoms with van der Waals surface area (Å²) < 4.78 is 0. The number of rotatable bonds is 23. The number of hydrazine groups is 6. The summed E-state index contributed by atoms with van der Waals surface area (Å²) in [5.74, 6) is 4.89. The van der Waals surface area contributed by atoms with Crippen LogP contribution in [0.4, 0.5) is 0 Å². The number of hydrogen-bond donors (Lipinski definition) is 14. The molecule has 12 aliphatic heterocycles. The van der Waals surface area contributed by atoms with Crippen LogP contribution in [0.2, 0.25) is 0 Å². The lowest BCUT2D eigenvalue weighted by Crippen LogP contribution is -2.71. The fourth-order valence-corrected chi connectivity index (χ4v) is 28.7. The van der Waals surface area contributed by atoms with Crippen molar-refractivity contribution in [2.45, 2.75) is 532 Å². The molecule has 27 heteroatoms. The third-order valence-electron chi connectivity index (χ3n) is 28.5. The highest BCUT2D eigenvalue weighted by atomic mass is 16.8. The minimum absolute atomic E-state index is 0.0122. The Balaban J connectivity index is 0.860. The molecule has 14 N–H and O–H groups in total. The van der Waals surface area contributed by atoms with E-state index in [1.54, 1.807) is 15.8 Å². The van der Waals surface area contributed by atoms with Crippen LogP contribution in [0.15, 0.2) is 50.7 Å². The summed E-state index contributed by atoms with van der Waals surface area (Å²) in [4.78, 5) is 49.3. The monoisotopic (exact) mass is 1720 g/mol. The highest BCUT2D eigenvalue weighted by Crippen LogP contribution is 2.50. The van der Waals surface area contributed by atoms with E-state index in [0.29, 0.717) is 44.3 Å². The van der Waals surface area contributed by atoms with Crippen molar-refractivity contribution in [3.05, 3.63) is 35.7 Å². The molecule has 704 valence electrons. The predicted octanol–water partition coefficient (Wildman–Crippen LogP) is 13.7. The SMILES string of the molecule is CC1(C)CC(ON2NC(NC3CC(C)(C)N(C4CC(C)(C)NC(C)(C)C4)C(C)(C)C3)=CC(=NCCCN(CCCN=C3C=C(NC4CC(C)(C)N(C5CC(C)(C)NC(C)(C)C5)C(C)(C)C4)NN(OC4CC(C)(C)NC(C)(C)C4)N3)C3=CC(=NC4CC(C)(C)N(C5CC(C)(C)NC(C)(C)C5)C(C)(C)C4)NN(OC4CC(C)(C)NC(C)(C)C4)N3)N2)CC(C)(C)N1. The molecule has 0 aliphatic carbocycles. The van der Waals surface area contributed by atoms with Gasteiger partial charge in [-0.1, -0.05) is 0 Å². The zero-order chi connectivity index (χ0) is 90.9. The summed E-state index contributed by atoms with van der Waals surface area (Å²) in [5.41, 5.74) is 20.9. The molecule has 9 saturated heterocycles. The van der Waals surface area contributed by atoms with Crippen molar-refractivity contribution < 1.29 is 14.5 Å². The van der Waals surface area contributed by atoms with Gasteiger partial charge in [0.05, 0.1) is 24.4 Å². The molecule has 0 aromatic carbocycles. The van der Waals surface area contributed by atoms with Gasteiger partial charge in [0.2, 0.25) is 0 Å². The second-order valence-corrected chi connectivity index (χ2v) is 52.4. The number of aliphatic imine (C=N–C) groups is 3. The van der Waals surface area contributed by atoms with Crippen molar-refractivity contribution in [1.82, 2.24) is 111 Å². The van der Waals surface area contributed by atoms with Crippen LogP contribution in [0.5, 0.6) is 0 Å². The molecule has 0 aromatic heterocycles. The molecule has 0 unspecified atom stereocenters. The Morgan fingerprint density at radius 1 is 0.301 bits per heavy atom. The molecule has 9 fully saturated rings. The fraction of sp³-hybridized carbons (Fsp3) is 0.906. The standard InChI is InChI=1S/C96H182N24O3/c1-79(2)52-67(53-80(3,4)108-79)115-91(25,26)46-64(47-92(115,27)28)99-75-43-73(102-118(104-75)121-70-58-85(13,14)111-86(15,16)59-70)97-39-37-41-114(78-45-77(106-120(107-78)123-72-62-89(21,22)113-90(23,24)63-72)101-66-50-95(33,34)117(96(35,36)51-66)69-56-83(9,10)110-84(11,12)57-69)42-38-40-98-74-44-76(105-119(103-74)122-71-60-87(17,18)112-88(19,20)61-71)100-65-48-93(29,30)116(94(31,32)49-65)68-54-81(5,6)109-82(7,8)55-68/h43-45,64-72,99-100,104-105,107-113H,37-42,46-63H2,1-36H3,(H,97,102)(H,98,103)(H,101,106). The van der Waals surface area contributed by atoms with Crippen LogP contribution in [0.25, 0.3) is 0 Å². The van der Waals surface area contributed by atoms with E-state index in [4.69, 9.17) is 29.5 Å². The Bertz CT molecular complexity index is 3570. The van der Waals surface area contributed by atoms with Crippen molar-refractivity contribution >= 4 is 17.5 Å². The summed E-state index contributed by atoms with van der Waals surface area (Å²) in [6, 6.07) is 1.70. The lowest BCUT2D eigenvalue weighted by molar-refractivity contribution is -0.262.